The van der Waals surface area contributed by atoms with Crippen LogP contribution in [0.3, 0.4) is 0 Å². The van der Waals surface area contributed by atoms with Crippen LogP contribution in [-0.4, -0.2) is 0 Å². The van der Waals surface area contributed by atoms with E-state index in [1.807, 2.05) is 0 Å². The number of hydrogen-bond acceptors (Lipinski definition) is 0. The summed E-state index contributed by atoms with van der Waals surface area (Å²) in [4.78, 5) is 0. The molecule has 0 N–H and O–H groups in total. The minimum Gasteiger partial charge on any atom is -1.00 e. The van der Waals surface area contributed by atoms with Gasteiger partial charge in [0.25, 0.3) is 0 Å². The molecule has 0 rings (SSSR count). The van der Waals surface area contributed by atoms with Gasteiger partial charge in [-0.05, 0) is 0 Å². The average molecular weight is 234 g/mol. The van der Waals surface area contributed by atoms with Gasteiger partial charge < -0.3 is 54.2 Å². The Bertz CT molecular complexity index is 6.85. The largest absolute Gasteiger partial charge is 4.00 e. The second-order valence-corrected chi connectivity index (χ2v) is 0. The molecule has 0 aliphatic rings. The number of rotatable bonds is 0. The third kappa shape index (κ3) is 23.5. The second-order valence-electron chi connectivity index (χ2n) is 0. The van der Waals surface area contributed by atoms with Gasteiger partial charge in [-0.1, -0.05) is 0 Å². The van der Waals surface area contributed by atoms with E-state index in [1.54, 1.807) is 0 Å². The Morgan fingerprint density at radius 3 is 0.600 bits per heavy atom. The quantitative estimate of drug-likeness (QED) is 0.365. The van der Waals surface area contributed by atoms with Crippen LogP contribution in [0.1, 0.15) is 0 Å². The van der Waals surface area contributed by atoms with Gasteiger partial charge in [0.2, 0.25) is 0 Å². The molecular weight excluding hydrogens is 234 g/mol. The molecule has 0 atom stereocenters. The Morgan fingerprint density at radius 1 is 0.600 bits per heavy atom. The summed E-state index contributed by atoms with van der Waals surface area (Å²) in [5, 5.41) is 0. The van der Waals surface area contributed by atoms with E-state index in [0.717, 1.165) is 0 Å². The zero-order valence-corrected chi connectivity index (χ0v) is 7.43. The fourth-order valence-corrected chi connectivity index (χ4v) is 0. The van der Waals surface area contributed by atoms with E-state index in [9.17, 15) is 0 Å². The molecule has 0 radical (unpaired) electrons. The molecule has 5 heavy (non-hydrogen) atoms. The smallest absolute Gasteiger partial charge is 1.00 e. The summed E-state index contributed by atoms with van der Waals surface area (Å²) < 4.78 is 0. The maximum atomic E-state index is 0. The monoisotopic (exact) mass is 232 g/mol. The van der Waals surface area contributed by atoms with Crippen LogP contribution in [0.25, 0.3) is 0 Å². The van der Waals surface area contributed by atoms with Gasteiger partial charge in [-0.3, -0.25) is 0 Å². The molecule has 0 nitrogen and oxygen atoms in total. The number of halogens is 4. The summed E-state index contributed by atoms with van der Waals surface area (Å²) >= 11 is 0. The molecule has 0 saturated carbocycles. The Labute approximate surface area is 75.3 Å². The van der Waals surface area contributed by atoms with Gasteiger partial charge in [-0.25, -0.2) is 0 Å². The maximum Gasteiger partial charge on any atom is 4.00 e. The number of hydrogen-bond donors (Lipinski definition) is 0. The van der Waals surface area contributed by atoms with E-state index in [1.165, 1.54) is 0 Å². The molecule has 0 saturated heterocycles. The molecule has 0 amide bonds. The zero-order chi connectivity index (χ0) is 0. The second kappa shape index (κ2) is 36.5. The zero-order valence-electron chi connectivity index (χ0n) is 2.01. The molecule has 0 aliphatic heterocycles. The molecule has 32 valence electrons. The van der Waals surface area contributed by atoms with Gasteiger partial charge in [0.1, 0.15) is 0 Å². The van der Waals surface area contributed by atoms with Gasteiger partial charge in [-0.15, -0.1) is 0 Å². The maximum absolute atomic E-state index is 0. The molecule has 0 bridgehead atoms. The van der Waals surface area contributed by atoms with E-state index in [-0.39, 0.29) is 75.9 Å². The van der Waals surface area contributed by atoms with Crippen LogP contribution in [0.2, 0.25) is 0 Å². The Hall–Kier alpha value is 2.06. The van der Waals surface area contributed by atoms with Crippen LogP contribution in [0.5, 0.6) is 0 Å². The minimum absolute atomic E-state index is 0. The van der Waals surface area contributed by atoms with Crippen LogP contribution >= 0.6 is 0 Å². The molecule has 0 aliphatic carbocycles. The molecule has 0 heterocycles. The van der Waals surface area contributed by atoms with Crippen LogP contribution < -0.4 is 54.2 Å². The van der Waals surface area contributed by atoms with Gasteiger partial charge in [0.15, 0.2) is 0 Å². The van der Waals surface area contributed by atoms with E-state index in [4.69, 9.17) is 0 Å². The Morgan fingerprint density at radius 2 is 0.600 bits per heavy atom. The molecule has 0 aromatic heterocycles. The van der Waals surface area contributed by atoms with Crippen molar-refractivity contribution in [1.29, 1.82) is 0 Å². The molecule has 0 unspecified atom stereocenters. The van der Waals surface area contributed by atoms with Crippen molar-refractivity contribution in [3.8, 4) is 0 Å². The van der Waals surface area contributed by atoms with E-state index >= 15 is 0 Å². The predicted octanol–water partition coefficient (Wildman–Crippen LogP) is -12.0. The van der Waals surface area contributed by atoms with Crippen molar-refractivity contribution < 1.29 is 75.9 Å². The van der Waals surface area contributed by atoms with E-state index < -0.39 is 0 Å². The first-order valence-electron chi connectivity index (χ1n) is 0. The average Bonchev–Trinajstić information content (AvgIpc) is 0. The first kappa shape index (κ1) is 61.0. The van der Waals surface area contributed by atoms with E-state index in [2.05, 4.69) is 0 Å². The SMILES string of the molecule is [Br-].[Cl-].[Cl-].[Cl-].[Ti+4]. The van der Waals surface area contributed by atoms with Crippen LogP contribution in [-0.2, 0) is 21.7 Å². The third-order valence-electron chi connectivity index (χ3n) is 0. The van der Waals surface area contributed by atoms with Crippen molar-refractivity contribution in [3.63, 3.8) is 0 Å². The van der Waals surface area contributed by atoms with Crippen LogP contribution in [0.4, 0.5) is 0 Å². The fraction of sp³-hybridized carbons (Fsp3) is 0. The summed E-state index contributed by atoms with van der Waals surface area (Å²) in [6.45, 7) is 0. The standard InChI is InChI=1S/BrH.3ClH.Ti/h4*1H;/q;;;;+4/p-4. The summed E-state index contributed by atoms with van der Waals surface area (Å²) in [6.07, 6.45) is 0. The summed E-state index contributed by atoms with van der Waals surface area (Å²) in [5.41, 5.74) is 0. The van der Waals surface area contributed by atoms with Crippen LogP contribution in [0.15, 0.2) is 0 Å². The molecule has 5 heteroatoms. The topological polar surface area (TPSA) is 0 Å². The molecule has 0 spiro atoms. The normalized spacial score (nSPS) is 0. The first-order valence-corrected chi connectivity index (χ1v) is 0. The van der Waals surface area contributed by atoms with Crippen molar-refractivity contribution in [1.82, 2.24) is 0 Å². The fourth-order valence-electron chi connectivity index (χ4n) is 0. The van der Waals surface area contributed by atoms with E-state index in [0.29, 0.717) is 0 Å². The van der Waals surface area contributed by atoms with Gasteiger partial charge >= 0.3 is 21.7 Å². The van der Waals surface area contributed by atoms with Gasteiger partial charge in [0.05, 0.1) is 0 Å². The van der Waals surface area contributed by atoms with Crippen molar-refractivity contribution >= 4 is 0 Å². The predicted molar refractivity (Wildman–Crippen MR) is 0 cm³/mol. The van der Waals surface area contributed by atoms with Gasteiger partial charge in [0, 0.05) is 0 Å². The molecule has 0 aromatic rings. The third-order valence-corrected chi connectivity index (χ3v) is 0. The summed E-state index contributed by atoms with van der Waals surface area (Å²) in [6, 6.07) is 0. The van der Waals surface area contributed by atoms with Crippen LogP contribution in [0, 0.1) is 0 Å². The summed E-state index contributed by atoms with van der Waals surface area (Å²) in [5.74, 6) is 0. The Kier molecular flexibility index (Phi) is 445. The molecule has 0 aromatic carbocycles. The van der Waals surface area contributed by atoms with Gasteiger partial charge in [-0.2, -0.15) is 0 Å². The minimum atomic E-state index is 0. The van der Waals surface area contributed by atoms with Crippen molar-refractivity contribution in [2.24, 2.45) is 0 Å². The van der Waals surface area contributed by atoms with Crippen molar-refractivity contribution in [3.05, 3.63) is 0 Å². The van der Waals surface area contributed by atoms with Crippen molar-refractivity contribution in [2.75, 3.05) is 0 Å². The first-order chi connectivity index (χ1) is 0. The Balaban J connectivity index is 0. The molecule has 0 fully saturated rings. The summed E-state index contributed by atoms with van der Waals surface area (Å²) in [7, 11) is 0. The van der Waals surface area contributed by atoms with Crippen molar-refractivity contribution in [2.45, 2.75) is 0 Å². The molecular formula is BrCl3Ti.